The molecule has 0 saturated heterocycles. The molecule has 0 bridgehead atoms. The topological polar surface area (TPSA) is 224 Å². The van der Waals surface area contributed by atoms with Gasteiger partial charge in [-0.25, -0.2) is 0 Å². The van der Waals surface area contributed by atoms with Crippen LogP contribution in [0.4, 0.5) is 0 Å². The third-order valence-electron chi connectivity index (χ3n) is 0. The van der Waals surface area contributed by atoms with Crippen LogP contribution in [0.5, 0.6) is 0 Å². The quantitative estimate of drug-likeness (QED) is 0.196. The van der Waals surface area contributed by atoms with Crippen LogP contribution in [0, 0.1) is 0 Å². The fourth-order valence-electron chi connectivity index (χ4n) is 0. The summed E-state index contributed by atoms with van der Waals surface area (Å²) in [6.45, 7) is 3.00. The zero-order valence-corrected chi connectivity index (χ0v) is 10.5. The van der Waals surface area contributed by atoms with E-state index in [1.807, 2.05) is 0 Å². The molecule has 0 spiro atoms. The molecule has 19 heavy (non-hydrogen) atoms. The zero-order valence-electron chi connectivity index (χ0n) is 8.54. The van der Waals surface area contributed by atoms with Crippen LogP contribution in [0.3, 0.4) is 0 Å². The van der Waals surface area contributed by atoms with Gasteiger partial charge in [-0.15, -0.1) is 0 Å². The van der Waals surface area contributed by atoms with Gasteiger partial charge in [0.1, 0.15) is 0 Å². The maximum atomic E-state index is 8.24. The Kier molecular flexibility index (Phi) is 613. The zero-order chi connectivity index (χ0) is 16.2. The van der Waals surface area contributed by atoms with Crippen molar-refractivity contribution in [2.24, 2.45) is 0 Å². The fraction of sp³-hybridized carbons (Fsp3) is 0. The van der Waals surface area contributed by atoms with Gasteiger partial charge in [-0.1, -0.05) is 38.8 Å². The molecule has 13 heteroatoms. The van der Waals surface area contributed by atoms with Crippen LogP contribution >= 0.6 is 0 Å². The minimum atomic E-state index is 0. The van der Waals surface area contributed by atoms with Crippen LogP contribution in [-0.4, -0.2) is 69.5 Å². The Bertz CT molecular complexity index is 114. The van der Waals surface area contributed by atoms with Gasteiger partial charge in [-0.3, -0.25) is 0 Å². The van der Waals surface area contributed by atoms with E-state index in [9.17, 15) is 0 Å². The molecule has 0 heterocycles. The Morgan fingerprint density at radius 1 is 0.368 bits per heavy atom. The molecule has 0 radical (unpaired) electrons. The summed E-state index contributed by atoms with van der Waals surface area (Å²) in [5, 5.41) is 40.6. The van der Waals surface area contributed by atoms with Crippen molar-refractivity contribution in [1.29, 1.82) is 0 Å². The Hall–Kier alpha value is -2.49. The van der Waals surface area contributed by atoms with E-state index in [-0.39, 0.29) is 21.1 Å². The van der Waals surface area contributed by atoms with Crippen LogP contribution in [0.15, 0.2) is 0 Å². The molecule has 0 atom stereocenters. The van der Waals surface area contributed by atoms with Crippen LogP contribution in [0.1, 0.15) is 0 Å². The Morgan fingerprint density at radius 3 is 0.368 bits per heavy atom. The summed E-state index contributed by atoms with van der Waals surface area (Å²) in [5.41, 5.74) is 0. The van der Waals surface area contributed by atoms with Gasteiger partial charge in [-0.05, 0) is 0 Å². The Balaban J connectivity index is -0.0000000180. The minimum Gasteiger partial charge on any atom is -0.665 e. The molecule has 0 aliphatic heterocycles. The molecule has 0 fully saturated rings. The number of rotatable bonds is 0. The summed E-state index contributed by atoms with van der Waals surface area (Å²) in [7, 11) is 0. The first-order valence-corrected chi connectivity index (χ1v) is 2.57. The van der Waals surface area contributed by atoms with E-state index in [2.05, 4.69) is 0 Å². The van der Waals surface area contributed by atoms with Crippen LogP contribution in [0.25, 0.3) is 0 Å². The van der Waals surface area contributed by atoms with Crippen molar-refractivity contribution in [3.63, 3.8) is 0 Å². The summed E-state index contributed by atoms with van der Waals surface area (Å²) in [4.78, 5) is 49.4. The van der Waals surface area contributed by atoms with Crippen molar-refractivity contribution in [3.8, 4) is 0 Å². The van der Waals surface area contributed by atoms with Crippen molar-refractivity contribution < 1.29 is 80.5 Å². The molecule has 0 aliphatic carbocycles. The molecule has 108 valence electrons. The first kappa shape index (κ1) is 43.9. The molecule has 0 saturated carbocycles. The normalized spacial score (nSPS) is 3.79. The molecule has 0 unspecified atom stereocenters. The Labute approximate surface area is 120 Å². The SMILES string of the molecule is O=[C-]O.O=[C-]O.O=[C-]O.O=[C-]O.O=[C-]O.O=[C-]O.[Mo+6]. The van der Waals surface area contributed by atoms with E-state index in [0.29, 0.717) is 38.8 Å². The summed E-state index contributed by atoms with van der Waals surface area (Å²) in [5.74, 6) is 0. The summed E-state index contributed by atoms with van der Waals surface area (Å²) in [6, 6.07) is 0. The molecule has 0 aliphatic rings. The molecule has 0 aromatic heterocycles. The molecule has 0 aromatic rings. The average Bonchev–Trinajstić information content (AvgIpc) is 2.23. The van der Waals surface area contributed by atoms with Crippen LogP contribution < -0.4 is 0 Å². The largest absolute Gasteiger partial charge is 6.00 e. The average molecular weight is 366 g/mol. The molecule has 0 aromatic carbocycles. The first-order valence-electron chi connectivity index (χ1n) is 2.57. The first-order chi connectivity index (χ1) is 8.49. The second-order valence-electron chi connectivity index (χ2n) is 0.548. The number of aliphatic hydroxyl groups excluding tert-OH is 6. The summed E-state index contributed by atoms with van der Waals surface area (Å²) >= 11 is 0. The maximum Gasteiger partial charge on any atom is 6.00 e. The van der Waals surface area contributed by atoms with Crippen molar-refractivity contribution in [2.45, 2.75) is 0 Å². The van der Waals surface area contributed by atoms with E-state index in [1.165, 1.54) is 0 Å². The van der Waals surface area contributed by atoms with Gasteiger partial charge < -0.3 is 59.4 Å². The second kappa shape index (κ2) is 265. The standard InChI is InChI=1S/6CHO2.Mo/c6*2-1-3;/h6*(H,2,3);/q6*-1;+6. The van der Waals surface area contributed by atoms with E-state index in [0.717, 1.165) is 0 Å². The van der Waals surface area contributed by atoms with Crippen LogP contribution in [0.2, 0.25) is 0 Å². The second-order valence-corrected chi connectivity index (χ2v) is 0.548. The Morgan fingerprint density at radius 2 is 0.368 bits per heavy atom. The fourth-order valence-corrected chi connectivity index (χ4v) is 0. The van der Waals surface area contributed by atoms with Crippen molar-refractivity contribution >= 4 is 38.8 Å². The number of hydrogen-bond donors (Lipinski definition) is 6. The molecule has 6 N–H and O–H groups in total. The van der Waals surface area contributed by atoms with E-state index in [4.69, 9.17) is 59.4 Å². The predicted molar refractivity (Wildman–Crippen MR) is 49.9 cm³/mol. The smallest absolute Gasteiger partial charge is 0.665 e. The van der Waals surface area contributed by atoms with Crippen LogP contribution in [-0.2, 0) is 49.8 Å². The minimum absolute atomic E-state index is 0. The van der Waals surface area contributed by atoms with Gasteiger partial charge in [0.25, 0.3) is 0 Å². The molecular weight excluding hydrogens is 360 g/mol. The van der Waals surface area contributed by atoms with Gasteiger partial charge in [0.2, 0.25) is 0 Å². The summed E-state index contributed by atoms with van der Waals surface area (Å²) in [6.07, 6.45) is 0. The number of hydrogen-bond acceptors (Lipinski definition) is 6. The van der Waals surface area contributed by atoms with E-state index in [1.54, 1.807) is 0 Å². The van der Waals surface area contributed by atoms with Gasteiger partial charge in [0.15, 0.2) is 0 Å². The van der Waals surface area contributed by atoms with E-state index < -0.39 is 0 Å². The van der Waals surface area contributed by atoms with Crippen molar-refractivity contribution in [1.82, 2.24) is 0 Å². The van der Waals surface area contributed by atoms with E-state index >= 15 is 0 Å². The van der Waals surface area contributed by atoms with Gasteiger partial charge in [0, 0.05) is 0 Å². The van der Waals surface area contributed by atoms with Crippen molar-refractivity contribution in [2.75, 3.05) is 0 Å². The molecule has 0 rings (SSSR count). The molecule has 0 amide bonds. The van der Waals surface area contributed by atoms with Gasteiger partial charge >= 0.3 is 21.1 Å². The predicted octanol–water partition coefficient (Wildman–Crippen LogP) is -2.33. The van der Waals surface area contributed by atoms with Gasteiger partial charge in [-0.2, -0.15) is 0 Å². The molecule has 12 nitrogen and oxygen atoms in total. The monoisotopic (exact) mass is 368 g/mol. The third-order valence-corrected chi connectivity index (χ3v) is 0. The maximum absolute atomic E-state index is 8.24. The van der Waals surface area contributed by atoms with Gasteiger partial charge in [0.05, 0.1) is 0 Å². The third kappa shape index (κ3) is 456. The summed E-state index contributed by atoms with van der Waals surface area (Å²) < 4.78 is 0. The van der Waals surface area contributed by atoms with Crippen molar-refractivity contribution in [3.05, 3.63) is 0 Å². The molecular formula is C6H6MoO12.